The number of anilines is 1. The second kappa shape index (κ2) is 8.84. The average Bonchev–Trinajstić information content (AvgIpc) is 2.80. The van der Waals surface area contributed by atoms with Crippen LogP contribution in [0.1, 0.15) is 32.3 Å². The zero-order valence-corrected chi connectivity index (χ0v) is 15.0. The van der Waals surface area contributed by atoms with Crippen molar-refractivity contribution >= 4 is 35.1 Å². The maximum Gasteiger partial charge on any atom is 0.419 e. The summed E-state index contributed by atoms with van der Waals surface area (Å²) in [5.41, 5.74) is 1.28. The van der Waals surface area contributed by atoms with Gasteiger partial charge in [-0.1, -0.05) is 25.4 Å². The number of amides is 3. The number of rotatable bonds is 3. The first-order valence-electron chi connectivity index (χ1n) is 7.59. The predicted molar refractivity (Wildman–Crippen MR) is 87.9 cm³/mol. The molecule has 1 atom stereocenters. The number of halogens is 4. The van der Waals surface area contributed by atoms with Gasteiger partial charge in [-0.15, -0.1) is 0 Å². The number of hydrazine groups is 1. The average molecular weight is 395 g/mol. The van der Waals surface area contributed by atoms with Crippen LogP contribution in [-0.4, -0.2) is 34.8 Å². The van der Waals surface area contributed by atoms with Gasteiger partial charge in [0.1, 0.15) is 11.0 Å². The molecule has 0 spiro atoms. The lowest BCUT2D eigenvalue weighted by molar-refractivity contribution is -0.139. The van der Waals surface area contributed by atoms with Crippen molar-refractivity contribution in [3.8, 4) is 0 Å². The topological polar surface area (TPSA) is 91.4 Å². The summed E-state index contributed by atoms with van der Waals surface area (Å²) in [7, 11) is 1.63. The highest BCUT2D eigenvalue weighted by Gasteiger charge is 2.37. The van der Waals surface area contributed by atoms with E-state index in [9.17, 15) is 27.6 Å². The van der Waals surface area contributed by atoms with E-state index in [1.807, 2.05) is 6.92 Å². The summed E-state index contributed by atoms with van der Waals surface area (Å²) in [6.45, 7) is 3.40. The van der Waals surface area contributed by atoms with Gasteiger partial charge in [-0.2, -0.15) is 18.2 Å². The minimum absolute atomic E-state index is 0.0419. The Morgan fingerprint density at radius 2 is 2.00 bits per heavy atom. The molecular weight excluding hydrogens is 377 g/mol. The Bertz CT molecular complexity index is 691. The van der Waals surface area contributed by atoms with Crippen LogP contribution in [0.3, 0.4) is 0 Å². The van der Waals surface area contributed by atoms with Crippen LogP contribution in [0.5, 0.6) is 0 Å². The van der Waals surface area contributed by atoms with Gasteiger partial charge in [0.25, 0.3) is 5.91 Å². The fraction of sp³-hybridized carbons (Fsp3) is 0.467. The van der Waals surface area contributed by atoms with Crippen LogP contribution in [0.4, 0.5) is 19.0 Å². The number of nitrogens with one attached hydrogen (secondary N) is 2. The third-order valence-electron chi connectivity index (χ3n) is 3.35. The molecular formula is C15H18ClF3N4O3. The summed E-state index contributed by atoms with van der Waals surface area (Å²) in [6, 6.07) is 1.73. The predicted octanol–water partition coefficient (Wildman–Crippen LogP) is 2.62. The van der Waals surface area contributed by atoms with Gasteiger partial charge in [0, 0.05) is 25.8 Å². The molecule has 7 nitrogen and oxygen atoms in total. The zero-order chi connectivity index (χ0) is 20.1. The molecule has 26 heavy (non-hydrogen) atoms. The first-order chi connectivity index (χ1) is 12.0. The molecule has 1 unspecified atom stereocenters. The minimum atomic E-state index is -4.61. The van der Waals surface area contributed by atoms with Gasteiger partial charge in [-0.3, -0.25) is 19.8 Å². The van der Waals surface area contributed by atoms with Gasteiger partial charge >= 0.3 is 6.18 Å². The number of alkyl halides is 3. The molecule has 2 N–H and O–H groups in total. The SMILES string of the molecule is CC1CC(=O)N(Nc2ccc(C(F)(F)F)c(Cl)n2)C1=O.CCC(=O)NC. The number of aromatic nitrogens is 1. The summed E-state index contributed by atoms with van der Waals surface area (Å²) in [5.74, 6) is -1.43. The van der Waals surface area contributed by atoms with Crippen molar-refractivity contribution in [2.24, 2.45) is 5.92 Å². The van der Waals surface area contributed by atoms with Crippen LogP contribution in [0.15, 0.2) is 12.1 Å². The normalized spacial score (nSPS) is 16.9. The van der Waals surface area contributed by atoms with Crippen LogP contribution in [0.2, 0.25) is 5.15 Å². The summed E-state index contributed by atoms with van der Waals surface area (Å²) >= 11 is 5.44. The first-order valence-corrected chi connectivity index (χ1v) is 7.96. The van der Waals surface area contributed by atoms with Crippen LogP contribution >= 0.6 is 11.6 Å². The number of hydrogen-bond donors (Lipinski definition) is 2. The maximum atomic E-state index is 12.5. The van der Waals surface area contributed by atoms with E-state index in [4.69, 9.17) is 11.6 Å². The molecule has 1 saturated heterocycles. The molecule has 1 aliphatic rings. The molecule has 0 bridgehead atoms. The van der Waals surface area contributed by atoms with E-state index in [1.54, 1.807) is 14.0 Å². The van der Waals surface area contributed by atoms with Crippen molar-refractivity contribution in [1.29, 1.82) is 0 Å². The largest absolute Gasteiger partial charge is 0.419 e. The standard InChI is InChI=1S/C11H9ClF3N3O2.C4H9NO/c1-5-4-8(19)18(10(5)20)17-7-3-2-6(9(12)16-7)11(13,14)15;1-3-4(6)5-2/h2-3,5H,4H2,1H3,(H,16,17);3H2,1-2H3,(H,5,6). The number of pyridine rings is 1. The molecule has 1 aliphatic heterocycles. The molecule has 3 amide bonds. The lowest BCUT2D eigenvalue weighted by Crippen LogP contribution is -2.36. The van der Waals surface area contributed by atoms with E-state index < -0.39 is 34.6 Å². The molecule has 2 rings (SSSR count). The van der Waals surface area contributed by atoms with E-state index in [-0.39, 0.29) is 18.1 Å². The summed E-state index contributed by atoms with van der Waals surface area (Å²) in [5, 5.41) is 2.45. The first kappa shape index (κ1) is 21.7. The highest BCUT2D eigenvalue weighted by molar-refractivity contribution is 6.30. The number of hydrogen-bond acceptors (Lipinski definition) is 5. The molecule has 1 aromatic rings. The molecule has 0 aromatic carbocycles. The van der Waals surface area contributed by atoms with Crippen LogP contribution < -0.4 is 10.7 Å². The number of imide groups is 1. The quantitative estimate of drug-likeness (QED) is 0.607. The van der Waals surface area contributed by atoms with Crippen molar-refractivity contribution in [2.75, 3.05) is 12.5 Å². The van der Waals surface area contributed by atoms with Gasteiger partial charge in [0.2, 0.25) is 11.8 Å². The molecule has 0 radical (unpaired) electrons. The van der Waals surface area contributed by atoms with Crippen molar-refractivity contribution < 1.29 is 27.6 Å². The molecule has 0 saturated carbocycles. The lowest BCUT2D eigenvalue weighted by Gasteiger charge is -2.17. The van der Waals surface area contributed by atoms with E-state index in [0.717, 1.165) is 17.1 Å². The van der Waals surface area contributed by atoms with Crippen molar-refractivity contribution in [1.82, 2.24) is 15.3 Å². The lowest BCUT2D eigenvalue weighted by atomic mass is 10.1. The fourth-order valence-electron chi connectivity index (χ4n) is 1.90. The third kappa shape index (κ3) is 5.58. The molecule has 1 fully saturated rings. The van der Waals surface area contributed by atoms with Gasteiger partial charge in [-0.05, 0) is 12.1 Å². The number of nitrogens with zero attached hydrogens (tertiary/aromatic N) is 2. The smallest absolute Gasteiger partial charge is 0.359 e. The maximum absolute atomic E-state index is 12.5. The van der Waals surface area contributed by atoms with Gasteiger partial charge in [0.05, 0.1) is 5.56 Å². The Morgan fingerprint density at radius 1 is 1.38 bits per heavy atom. The second-order valence-electron chi connectivity index (χ2n) is 5.34. The highest BCUT2D eigenvalue weighted by Crippen LogP contribution is 2.34. The monoisotopic (exact) mass is 394 g/mol. The van der Waals surface area contributed by atoms with Crippen molar-refractivity contribution in [3.63, 3.8) is 0 Å². The molecule has 144 valence electrons. The third-order valence-corrected chi connectivity index (χ3v) is 3.64. The summed E-state index contributed by atoms with van der Waals surface area (Å²) in [6.07, 6.45) is -3.99. The number of carbonyl (C=O) groups is 3. The van der Waals surface area contributed by atoms with Gasteiger partial charge in [0.15, 0.2) is 0 Å². The number of carbonyl (C=O) groups excluding carboxylic acids is 3. The summed E-state index contributed by atoms with van der Waals surface area (Å²) < 4.78 is 37.5. The molecule has 2 heterocycles. The summed E-state index contributed by atoms with van der Waals surface area (Å²) in [4.78, 5) is 36.7. The van der Waals surface area contributed by atoms with Crippen LogP contribution in [0, 0.1) is 5.92 Å². The van der Waals surface area contributed by atoms with Gasteiger partial charge in [-0.25, -0.2) is 4.98 Å². The zero-order valence-electron chi connectivity index (χ0n) is 14.3. The minimum Gasteiger partial charge on any atom is -0.359 e. The van der Waals surface area contributed by atoms with Crippen molar-refractivity contribution in [2.45, 2.75) is 32.9 Å². The molecule has 11 heteroatoms. The Hall–Kier alpha value is -2.36. The fourth-order valence-corrected chi connectivity index (χ4v) is 2.16. The Labute approximate surface area is 152 Å². The van der Waals surface area contributed by atoms with Crippen molar-refractivity contribution in [3.05, 3.63) is 22.8 Å². The highest BCUT2D eigenvalue weighted by atomic mass is 35.5. The Kier molecular flexibility index (Phi) is 7.37. The van der Waals surface area contributed by atoms with E-state index in [0.29, 0.717) is 6.42 Å². The van der Waals surface area contributed by atoms with E-state index in [2.05, 4.69) is 15.7 Å². The van der Waals surface area contributed by atoms with Crippen LogP contribution in [-0.2, 0) is 20.6 Å². The van der Waals surface area contributed by atoms with E-state index >= 15 is 0 Å². The Balaban J connectivity index is 0.000000487. The second-order valence-corrected chi connectivity index (χ2v) is 5.70. The van der Waals surface area contributed by atoms with E-state index in [1.165, 1.54) is 0 Å². The molecule has 1 aromatic heterocycles. The Morgan fingerprint density at radius 3 is 2.35 bits per heavy atom. The molecule has 0 aliphatic carbocycles. The van der Waals surface area contributed by atoms with Crippen LogP contribution in [0.25, 0.3) is 0 Å². The van der Waals surface area contributed by atoms with Gasteiger partial charge < -0.3 is 5.32 Å².